The molecule has 1 aliphatic rings. The predicted molar refractivity (Wildman–Crippen MR) is 102 cm³/mol. The summed E-state index contributed by atoms with van der Waals surface area (Å²) >= 11 is 0. The highest BCUT2D eigenvalue weighted by Crippen LogP contribution is 2.24. The van der Waals surface area contributed by atoms with Crippen LogP contribution in [0.4, 0.5) is 11.5 Å². The molecule has 1 aliphatic carbocycles. The molecule has 1 saturated carbocycles. The second-order valence-corrected chi connectivity index (χ2v) is 6.53. The van der Waals surface area contributed by atoms with Gasteiger partial charge in [0, 0.05) is 35.9 Å². The molecule has 0 radical (unpaired) electrons. The van der Waals surface area contributed by atoms with Crippen LogP contribution in [0.15, 0.2) is 55.1 Å². The number of carbonyl (C=O) groups excluding carboxylic acids is 1. The van der Waals surface area contributed by atoms with E-state index in [0.717, 1.165) is 30.0 Å². The fraction of sp³-hybridized carbons (Fsp3) is 0.158. The van der Waals surface area contributed by atoms with Crippen LogP contribution in [0.2, 0.25) is 0 Å². The second-order valence-electron chi connectivity index (χ2n) is 6.53. The number of fused-ring (bicyclic) bond motifs is 1. The lowest BCUT2D eigenvalue weighted by molar-refractivity contribution is 0.102. The Morgan fingerprint density at radius 1 is 1.26 bits per heavy atom. The van der Waals surface area contributed by atoms with Crippen LogP contribution in [-0.4, -0.2) is 36.5 Å². The van der Waals surface area contributed by atoms with E-state index in [1.807, 2.05) is 30.3 Å². The standard InChI is InChI=1S/C19H17N7O/c27-19(24-14-3-1-2-12(10-14)17-20-7-8-21-17)15-11-22-26-9-6-16(25-18(15)26)23-13-4-5-13/h1-3,6-11,13H,4-5H2,(H,20,21)(H,23,25)(H,24,27). The summed E-state index contributed by atoms with van der Waals surface area (Å²) in [7, 11) is 0. The number of H-pyrrole nitrogens is 1. The molecule has 134 valence electrons. The van der Waals surface area contributed by atoms with Crippen molar-refractivity contribution in [1.29, 1.82) is 0 Å². The lowest BCUT2D eigenvalue weighted by Crippen LogP contribution is -2.12. The first-order chi connectivity index (χ1) is 13.3. The maximum Gasteiger partial charge on any atom is 0.261 e. The molecule has 5 rings (SSSR count). The minimum absolute atomic E-state index is 0.252. The maximum atomic E-state index is 12.8. The highest BCUT2D eigenvalue weighted by Gasteiger charge is 2.22. The molecule has 1 aromatic carbocycles. The number of nitrogens with one attached hydrogen (secondary N) is 3. The van der Waals surface area contributed by atoms with E-state index >= 15 is 0 Å². The average Bonchev–Trinajstić information content (AvgIpc) is 3.17. The smallest absolute Gasteiger partial charge is 0.261 e. The third-order valence-corrected chi connectivity index (χ3v) is 4.44. The summed E-state index contributed by atoms with van der Waals surface area (Å²) in [6.07, 6.45) is 9.12. The number of hydrogen-bond donors (Lipinski definition) is 3. The number of aromatic amines is 1. The Bertz CT molecular complexity index is 1110. The van der Waals surface area contributed by atoms with E-state index in [2.05, 4.69) is 30.7 Å². The highest BCUT2D eigenvalue weighted by atomic mass is 16.1. The number of carbonyl (C=O) groups is 1. The molecule has 0 bridgehead atoms. The fourth-order valence-electron chi connectivity index (χ4n) is 2.91. The molecule has 8 nitrogen and oxygen atoms in total. The monoisotopic (exact) mass is 359 g/mol. The lowest BCUT2D eigenvalue weighted by atomic mass is 10.2. The van der Waals surface area contributed by atoms with Gasteiger partial charge in [-0.15, -0.1) is 0 Å². The van der Waals surface area contributed by atoms with Crippen LogP contribution in [0.25, 0.3) is 17.0 Å². The third-order valence-electron chi connectivity index (χ3n) is 4.44. The molecule has 27 heavy (non-hydrogen) atoms. The number of hydrogen-bond acceptors (Lipinski definition) is 5. The van der Waals surface area contributed by atoms with E-state index in [0.29, 0.717) is 22.9 Å². The number of benzene rings is 1. The molecule has 1 amide bonds. The van der Waals surface area contributed by atoms with Crippen molar-refractivity contribution in [2.75, 3.05) is 10.6 Å². The van der Waals surface area contributed by atoms with Crippen molar-refractivity contribution in [2.24, 2.45) is 0 Å². The number of amides is 1. The Labute approximate surface area is 154 Å². The molecule has 3 aromatic heterocycles. The van der Waals surface area contributed by atoms with Crippen LogP contribution in [0, 0.1) is 0 Å². The Hall–Kier alpha value is -3.68. The van der Waals surface area contributed by atoms with E-state index in [4.69, 9.17) is 0 Å². The Balaban J connectivity index is 1.41. The van der Waals surface area contributed by atoms with Crippen LogP contribution in [-0.2, 0) is 0 Å². The minimum Gasteiger partial charge on any atom is -0.367 e. The summed E-state index contributed by atoms with van der Waals surface area (Å²) in [5.41, 5.74) is 2.53. The topological polar surface area (TPSA) is 100 Å². The van der Waals surface area contributed by atoms with Gasteiger partial charge in [-0.3, -0.25) is 4.79 Å². The molecular formula is C19H17N7O. The van der Waals surface area contributed by atoms with Crippen molar-refractivity contribution in [3.05, 3.63) is 60.7 Å². The van der Waals surface area contributed by atoms with E-state index in [-0.39, 0.29) is 5.91 Å². The van der Waals surface area contributed by atoms with E-state index < -0.39 is 0 Å². The van der Waals surface area contributed by atoms with Crippen LogP contribution in [0.1, 0.15) is 23.2 Å². The molecule has 3 N–H and O–H groups in total. The van der Waals surface area contributed by atoms with Gasteiger partial charge in [0.1, 0.15) is 17.2 Å². The van der Waals surface area contributed by atoms with Gasteiger partial charge in [0.2, 0.25) is 0 Å². The Kier molecular flexibility index (Phi) is 3.60. The first-order valence-corrected chi connectivity index (χ1v) is 8.78. The minimum atomic E-state index is -0.252. The Morgan fingerprint density at radius 3 is 3.00 bits per heavy atom. The molecule has 8 heteroatoms. The normalized spacial score (nSPS) is 13.6. The van der Waals surface area contributed by atoms with Crippen molar-refractivity contribution in [1.82, 2.24) is 24.6 Å². The number of rotatable bonds is 5. The van der Waals surface area contributed by atoms with Gasteiger partial charge in [-0.2, -0.15) is 5.10 Å². The van der Waals surface area contributed by atoms with Gasteiger partial charge in [0.15, 0.2) is 5.65 Å². The number of nitrogens with zero attached hydrogens (tertiary/aromatic N) is 4. The molecule has 1 fully saturated rings. The molecule has 3 heterocycles. The fourth-order valence-corrected chi connectivity index (χ4v) is 2.91. The van der Waals surface area contributed by atoms with E-state index in [1.165, 1.54) is 6.20 Å². The maximum absolute atomic E-state index is 12.8. The second kappa shape index (κ2) is 6.24. The van der Waals surface area contributed by atoms with Crippen molar-refractivity contribution in [3.8, 4) is 11.4 Å². The summed E-state index contributed by atoms with van der Waals surface area (Å²) in [6, 6.07) is 9.87. The molecule has 0 saturated heterocycles. The van der Waals surface area contributed by atoms with E-state index in [1.54, 1.807) is 23.1 Å². The van der Waals surface area contributed by atoms with Gasteiger partial charge in [-0.1, -0.05) is 12.1 Å². The number of imidazole rings is 1. The van der Waals surface area contributed by atoms with Gasteiger partial charge >= 0.3 is 0 Å². The molecule has 0 aliphatic heterocycles. The van der Waals surface area contributed by atoms with Crippen LogP contribution in [0.5, 0.6) is 0 Å². The quantitative estimate of drug-likeness (QED) is 0.509. The molecule has 0 atom stereocenters. The summed E-state index contributed by atoms with van der Waals surface area (Å²) in [4.78, 5) is 24.6. The van der Waals surface area contributed by atoms with E-state index in [9.17, 15) is 4.79 Å². The van der Waals surface area contributed by atoms with Gasteiger partial charge in [0.05, 0.1) is 6.20 Å². The van der Waals surface area contributed by atoms with Gasteiger partial charge in [0.25, 0.3) is 5.91 Å². The molecule has 4 aromatic rings. The SMILES string of the molecule is O=C(Nc1cccc(-c2ncc[nH]2)c1)c1cnn2ccc(NC3CC3)nc12. The predicted octanol–water partition coefficient (Wildman–Crippen LogP) is 2.95. The van der Waals surface area contributed by atoms with Gasteiger partial charge < -0.3 is 15.6 Å². The highest BCUT2D eigenvalue weighted by molar-refractivity contribution is 6.08. The first-order valence-electron chi connectivity index (χ1n) is 8.78. The zero-order valence-electron chi connectivity index (χ0n) is 14.4. The third kappa shape index (κ3) is 3.12. The lowest BCUT2D eigenvalue weighted by Gasteiger charge is -2.07. The zero-order chi connectivity index (χ0) is 18.2. The summed E-state index contributed by atoms with van der Waals surface area (Å²) in [6.45, 7) is 0. The summed E-state index contributed by atoms with van der Waals surface area (Å²) in [5, 5.41) is 10.5. The van der Waals surface area contributed by atoms with Crippen molar-refractivity contribution in [3.63, 3.8) is 0 Å². The largest absolute Gasteiger partial charge is 0.367 e. The first kappa shape index (κ1) is 15.6. The van der Waals surface area contributed by atoms with Crippen LogP contribution >= 0.6 is 0 Å². The van der Waals surface area contributed by atoms with Crippen LogP contribution < -0.4 is 10.6 Å². The average molecular weight is 359 g/mol. The summed E-state index contributed by atoms with van der Waals surface area (Å²) in [5.74, 6) is 1.26. The molecule has 0 spiro atoms. The molecule has 0 unspecified atom stereocenters. The van der Waals surface area contributed by atoms with Gasteiger partial charge in [-0.25, -0.2) is 14.5 Å². The van der Waals surface area contributed by atoms with Crippen LogP contribution in [0.3, 0.4) is 0 Å². The van der Waals surface area contributed by atoms with Crippen molar-refractivity contribution < 1.29 is 4.79 Å². The molecular weight excluding hydrogens is 342 g/mol. The van der Waals surface area contributed by atoms with Gasteiger partial charge in [-0.05, 0) is 31.0 Å². The Morgan fingerprint density at radius 2 is 2.19 bits per heavy atom. The zero-order valence-corrected chi connectivity index (χ0v) is 14.4. The van der Waals surface area contributed by atoms with Crippen molar-refractivity contribution >= 4 is 23.1 Å². The summed E-state index contributed by atoms with van der Waals surface area (Å²) < 4.78 is 1.60. The number of aromatic nitrogens is 5. The number of anilines is 2. The van der Waals surface area contributed by atoms with Crippen molar-refractivity contribution in [2.45, 2.75) is 18.9 Å².